The van der Waals surface area contributed by atoms with E-state index in [1.54, 1.807) is 24.3 Å². The second-order valence-corrected chi connectivity index (χ2v) is 6.55. The molecule has 0 bridgehead atoms. The SMILES string of the molecule is CC(C)(C)Cn1c(O)c(-c2ccc(Cl)cc2)c(=O)[nH]c1=O. The van der Waals surface area contributed by atoms with E-state index in [9.17, 15) is 14.7 Å². The van der Waals surface area contributed by atoms with Gasteiger partial charge in [-0.25, -0.2) is 4.79 Å². The van der Waals surface area contributed by atoms with Crippen molar-refractivity contribution in [2.75, 3.05) is 0 Å². The van der Waals surface area contributed by atoms with Gasteiger partial charge < -0.3 is 5.11 Å². The predicted molar refractivity (Wildman–Crippen MR) is 82.9 cm³/mol. The Morgan fingerprint density at radius 1 is 1.19 bits per heavy atom. The highest BCUT2D eigenvalue weighted by molar-refractivity contribution is 6.30. The molecule has 5 nitrogen and oxygen atoms in total. The fourth-order valence-corrected chi connectivity index (χ4v) is 2.18. The van der Waals surface area contributed by atoms with Crippen molar-refractivity contribution in [3.63, 3.8) is 0 Å². The summed E-state index contributed by atoms with van der Waals surface area (Å²) in [6.07, 6.45) is 0. The third kappa shape index (κ3) is 3.36. The molecule has 0 spiro atoms. The van der Waals surface area contributed by atoms with Crippen LogP contribution in [0.1, 0.15) is 20.8 Å². The van der Waals surface area contributed by atoms with Gasteiger partial charge in [-0.1, -0.05) is 44.5 Å². The molecule has 0 fully saturated rings. The molecule has 1 aromatic carbocycles. The average molecular weight is 309 g/mol. The van der Waals surface area contributed by atoms with Gasteiger partial charge in [0.05, 0.1) is 0 Å². The smallest absolute Gasteiger partial charge is 0.331 e. The summed E-state index contributed by atoms with van der Waals surface area (Å²) < 4.78 is 1.17. The molecule has 112 valence electrons. The molecule has 0 saturated heterocycles. The van der Waals surface area contributed by atoms with Gasteiger partial charge in [0.2, 0.25) is 5.88 Å². The fraction of sp³-hybridized carbons (Fsp3) is 0.333. The highest BCUT2D eigenvalue weighted by Crippen LogP contribution is 2.27. The maximum absolute atomic E-state index is 12.0. The van der Waals surface area contributed by atoms with Crippen molar-refractivity contribution in [1.29, 1.82) is 0 Å². The Morgan fingerprint density at radius 2 is 1.76 bits per heavy atom. The van der Waals surface area contributed by atoms with Crippen LogP contribution in [0.2, 0.25) is 5.02 Å². The van der Waals surface area contributed by atoms with Crippen LogP contribution in [-0.4, -0.2) is 14.7 Å². The standard InChI is InChI=1S/C15H17ClN2O3/c1-15(2,3)8-18-13(20)11(12(19)17-14(18)21)9-4-6-10(16)7-5-9/h4-7,20H,8H2,1-3H3,(H,17,19,21). The van der Waals surface area contributed by atoms with Gasteiger partial charge in [0, 0.05) is 11.6 Å². The van der Waals surface area contributed by atoms with Crippen molar-refractivity contribution in [2.24, 2.45) is 5.41 Å². The first-order valence-corrected chi connectivity index (χ1v) is 6.89. The average Bonchev–Trinajstić information content (AvgIpc) is 2.35. The van der Waals surface area contributed by atoms with Gasteiger partial charge in [0.25, 0.3) is 5.56 Å². The lowest BCUT2D eigenvalue weighted by molar-refractivity contribution is 0.301. The molecule has 0 atom stereocenters. The molecule has 0 aliphatic rings. The zero-order valence-corrected chi connectivity index (χ0v) is 12.9. The van der Waals surface area contributed by atoms with Crippen LogP contribution in [0.25, 0.3) is 11.1 Å². The van der Waals surface area contributed by atoms with E-state index in [0.29, 0.717) is 10.6 Å². The number of aromatic hydroxyl groups is 1. The molecule has 0 unspecified atom stereocenters. The molecule has 0 radical (unpaired) electrons. The monoisotopic (exact) mass is 308 g/mol. The van der Waals surface area contributed by atoms with E-state index in [0.717, 1.165) is 0 Å². The maximum atomic E-state index is 12.0. The van der Waals surface area contributed by atoms with Crippen LogP contribution < -0.4 is 11.2 Å². The van der Waals surface area contributed by atoms with Crippen LogP contribution in [0.15, 0.2) is 33.9 Å². The molecule has 0 aliphatic carbocycles. The number of aromatic amines is 1. The highest BCUT2D eigenvalue weighted by atomic mass is 35.5. The maximum Gasteiger partial charge on any atom is 0.331 e. The quantitative estimate of drug-likeness (QED) is 0.895. The summed E-state index contributed by atoms with van der Waals surface area (Å²) >= 11 is 5.82. The number of benzene rings is 1. The third-order valence-corrected chi connectivity index (χ3v) is 3.19. The predicted octanol–water partition coefficient (Wildman–Crippen LogP) is 2.61. The van der Waals surface area contributed by atoms with Crippen LogP contribution in [0.3, 0.4) is 0 Å². The lowest BCUT2D eigenvalue weighted by Gasteiger charge is -2.21. The van der Waals surface area contributed by atoms with Gasteiger partial charge in [0.15, 0.2) is 0 Å². The molecule has 1 aromatic heterocycles. The van der Waals surface area contributed by atoms with E-state index < -0.39 is 11.2 Å². The minimum Gasteiger partial charge on any atom is -0.494 e. The van der Waals surface area contributed by atoms with E-state index in [1.807, 2.05) is 20.8 Å². The minimum atomic E-state index is -0.620. The Morgan fingerprint density at radius 3 is 2.29 bits per heavy atom. The molecular formula is C15H17ClN2O3. The van der Waals surface area contributed by atoms with Crippen LogP contribution in [0.4, 0.5) is 0 Å². The zero-order chi connectivity index (χ0) is 15.8. The normalized spacial score (nSPS) is 11.6. The Labute approximate surface area is 126 Å². The fourth-order valence-electron chi connectivity index (χ4n) is 2.06. The molecular weight excluding hydrogens is 292 g/mol. The Balaban J connectivity index is 2.67. The Bertz CT molecular complexity index is 767. The van der Waals surface area contributed by atoms with E-state index in [1.165, 1.54) is 4.57 Å². The van der Waals surface area contributed by atoms with Crippen molar-refractivity contribution >= 4 is 11.6 Å². The second-order valence-electron chi connectivity index (χ2n) is 6.11. The second kappa shape index (κ2) is 5.41. The summed E-state index contributed by atoms with van der Waals surface area (Å²) in [4.78, 5) is 26.1. The van der Waals surface area contributed by atoms with Gasteiger partial charge in [0.1, 0.15) is 5.56 Å². The van der Waals surface area contributed by atoms with E-state index in [2.05, 4.69) is 4.98 Å². The first-order valence-electron chi connectivity index (χ1n) is 6.51. The number of hydrogen-bond acceptors (Lipinski definition) is 3. The molecule has 2 aromatic rings. The van der Waals surface area contributed by atoms with E-state index in [-0.39, 0.29) is 23.4 Å². The molecule has 0 saturated carbocycles. The summed E-state index contributed by atoms with van der Waals surface area (Å²) in [5.41, 5.74) is -0.900. The number of nitrogens with one attached hydrogen (secondary N) is 1. The number of aromatic nitrogens is 2. The van der Waals surface area contributed by atoms with Crippen LogP contribution >= 0.6 is 11.6 Å². The lowest BCUT2D eigenvalue weighted by Crippen LogP contribution is -2.34. The van der Waals surface area contributed by atoms with Gasteiger partial charge in [-0.15, -0.1) is 0 Å². The molecule has 2 N–H and O–H groups in total. The van der Waals surface area contributed by atoms with Crippen LogP contribution in [0.5, 0.6) is 5.88 Å². The number of H-pyrrole nitrogens is 1. The van der Waals surface area contributed by atoms with Crippen molar-refractivity contribution < 1.29 is 5.11 Å². The number of hydrogen-bond donors (Lipinski definition) is 2. The number of halogens is 1. The first-order chi connectivity index (χ1) is 9.69. The molecule has 0 aliphatic heterocycles. The molecule has 1 heterocycles. The molecule has 0 amide bonds. The van der Waals surface area contributed by atoms with E-state index >= 15 is 0 Å². The highest BCUT2D eigenvalue weighted by Gasteiger charge is 2.20. The summed E-state index contributed by atoms with van der Waals surface area (Å²) in [6, 6.07) is 6.49. The first kappa shape index (κ1) is 15.4. The Hall–Kier alpha value is -2.01. The van der Waals surface area contributed by atoms with Crippen molar-refractivity contribution in [1.82, 2.24) is 9.55 Å². The topological polar surface area (TPSA) is 75.1 Å². The van der Waals surface area contributed by atoms with Gasteiger partial charge in [-0.2, -0.15) is 0 Å². The number of rotatable bonds is 2. The largest absolute Gasteiger partial charge is 0.494 e. The third-order valence-electron chi connectivity index (χ3n) is 2.94. The molecule has 2 rings (SSSR count). The van der Waals surface area contributed by atoms with E-state index in [4.69, 9.17) is 11.6 Å². The molecule has 6 heteroatoms. The summed E-state index contributed by atoms with van der Waals surface area (Å²) in [7, 11) is 0. The van der Waals surface area contributed by atoms with Gasteiger partial charge in [-0.05, 0) is 23.1 Å². The van der Waals surface area contributed by atoms with Crippen molar-refractivity contribution in [3.05, 3.63) is 50.1 Å². The minimum absolute atomic E-state index is 0.0653. The van der Waals surface area contributed by atoms with Gasteiger partial charge >= 0.3 is 5.69 Å². The summed E-state index contributed by atoms with van der Waals surface area (Å²) in [5.74, 6) is -0.332. The number of nitrogens with zero attached hydrogens (tertiary/aromatic N) is 1. The summed E-state index contributed by atoms with van der Waals surface area (Å²) in [6.45, 7) is 6.10. The lowest BCUT2D eigenvalue weighted by atomic mass is 9.96. The van der Waals surface area contributed by atoms with Crippen molar-refractivity contribution in [3.8, 4) is 17.0 Å². The Kier molecular flexibility index (Phi) is 3.96. The van der Waals surface area contributed by atoms with Crippen LogP contribution in [0, 0.1) is 5.41 Å². The molecule has 21 heavy (non-hydrogen) atoms. The van der Waals surface area contributed by atoms with Gasteiger partial charge in [-0.3, -0.25) is 14.3 Å². The summed E-state index contributed by atoms with van der Waals surface area (Å²) in [5, 5.41) is 10.9. The van der Waals surface area contributed by atoms with Crippen molar-refractivity contribution in [2.45, 2.75) is 27.3 Å². The van der Waals surface area contributed by atoms with Crippen LogP contribution in [-0.2, 0) is 6.54 Å². The zero-order valence-electron chi connectivity index (χ0n) is 12.1.